The summed E-state index contributed by atoms with van der Waals surface area (Å²) in [4.78, 5) is 7.80. The topological polar surface area (TPSA) is 45.1 Å². The van der Waals surface area contributed by atoms with E-state index >= 15 is 0 Å². The van der Waals surface area contributed by atoms with Gasteiger partial charge in [0, 0.05) is 31.1 Å². The highest BCUT2D eigenvalue weighted by atomic mass is 35.5. The first-order valence-corrected chi connectivity index (χ1v) is 10.0. The zero-order chi connectivity index (χ0) is 19.9. The Kier molecular flexibility index (Phi) is 7.43. The lowest BCUT2D eigenvalue weighted by atomic mass is 10.0. The number of rotatable bonds is 9. The van der Waals surface area contributed by atoms with Gasteiger partial charge in [-0.3, -0.25) is 4.90 Å². The molecule has 0 saturated heterocycles. The van der Waals surface area contributed by atoms with Gasteiger partial charge < -0.3 is 9.94 Å². The smallest absolute Gasteiger partial charge is 0.145 e. The van der Waals surface area contributed by atoms with Gasteiger partial charge in [0.05, 0.1) is 11.8 Å². The maximum atomic E-state index is 13.2. The van der Waals surface area contributed by atoms with Crippen LogP contribution in [-0.2, 0) is 11.4 Å². The molecule has 0 amide bonds. The summed E-state index contributed by atoms with van der Waals surface area (Å²) in [6.45, 7) is 3.86. The van der Waals surface area contributed by atoms with E-state index in [1.165, 1.54) is 12.1 Å². The van der Waals surface area contributed by atoms with E-state index in [0.29, 0.717) is 31.1 Å². The van der Waals surface area contributed by atoms with Gasteiger partial charge in [0.15, 0.2) is 0 Å². The average Bonchev–Trinajstić information content (AvgIpc) is 3.13. The third-order valence-electron chi connectivity index (χ3n) is 4.78. The summed E-state index contributed by atoms with van der Waals surface area (Å²) in [6, 6.07) is 14.0. The molecule has 150 valence electrons. The SMILES string of the molecule is CCC[C@@H](O)CN(Cc1ccc(F)cc1)C[C@@H]1CC(c2ccc(Cl)cc2)=NO1. The minimum Gasteiger partial charge on any atom is -0.392 e. The van der Waals surface area contributed by atoms with Crippen LogP contribution in [0.3, 0.4) is 0 Å². The standard InChI is InChI=1S/C22H26ClFN2O2/c1-2-3-20(27)14-26(13-16-4-10-19(24)11-5-16)15-21-12-22(25-28-21)17-6-8-18(23)9-7-17/h4-11,20-21,27H,2-3,12-15H2,1H3/t20-,21+/m1/s1. The zero-order valence-electron chi connectivity index (χ0n) is 16.0. The zero-order valence-corrected chi connectivity index (χ0v) is 16.8. The van der Waals surface area contributed by atoms with Gasteiger partial charge in [-0.25, -0.2) is 4.39 Å². The van der Waals surface area contributed by atoms with Crippen LogP contribution in [0, 0.1) is 5.82 Å². The second-order valence-corrected chi connectivity index (χ2v) is 7.68. The molecule has 4 nitrogen and oxygen atoms in total. The molecule has 0 aromatic heterocycles. The fraction of sp³-hybridized carbons (Fsp3) is 0.409. The van der Waals surface area contributed by atoms with Crippen LogP contribution in [0.4, 0.5) is 4.39 Å². The fourth-order valence-corrected chi connectivity index (χ4v) is 3.53. The minimum absolute atomic E-state index is 0.0834. The third-order valence-corrected chi connectivity index (χ3v) is 5.03. The van der Waals surface area contributed by atoms with Crippen molar-refractivity contribution < 1.29 is 14.3 Å². The van der Waals surface area contributed by atoms with E-state index in [9.17, 15) is 9.50 Å². The summed E-state index contributed by atoms with van der Waals surface area (Å²) in [5, 5.41) is 15.2. The van der Waals surface area contributed by atoms with Crippen LogP contribution in [0.1, 0.15) is 37.3 Å². The monoisotopic (exact) mass is 404 g/mol. The molecule has 0 bridgehead atoms. The third kappa shape index (κ3) is 6.03. The van der Waals surface area contributed by atoms with Crippen molar-refractivity contribution in [1.29, 1.82) is 0 Å². The Balaban J connectivity index is 1.62. The van der Waals surface area contributed by atoms with Crippen LogP contribution in [0.25, 0.3) is 0 Å². The summed E-state index contributed by atoms with van der Waals surface area (Å²) in [7, 11) is 0. The summed E-state index contributed by atoms with van der Waals surface area (Å²) in [6.07, 6.45) is 1.89. The Labute approximate surface area is 170 Å². The van der Waals surface area contributed by atoms with Crippen LogP contribution >= 0.6 is 11.6 Å². The Morgan fingerprint density at radius 2 is 1.93 bits per heavy atom. The number of benzene rings is 2. The molecule has 0 spiro atoms. The molecule has 6 heteroatoms. The molecule has 1 aliphatic heterocycles. The first-order valence-electron chi connectivity index (χ1n) is 9.67. The lowest BCUT2D eigenvalue weighted by molar-refractivity contribution is 0.0305. The summed E-state index contributed by atoms with van der Waals surface area (Å²) in [5.74, 6) is -0.249. The van der Waals surface area contributed by atoms with Crippen molar-refractivity contribution >= 4 is 17.3 Å². The summed E-state index contributed by atoms with van der Waals surface area (Å²) in [5.41, 5.74) is 2.91. The molecule has 2 aromatic carbocycles. The molecular weight excluding hydrogens is 379 g/mol. The lowest BCUT2D eigenvalue weighted by Gasteiger charge is -2.27. The normalized spacial score (nSPS) is 17.5. The fourth-order valence-electron chi connectivity index (χ4n) is 3.40. The van der Waals surface area contributed by atoms with E-state index in [4.69, 9.17) is 16.4 Å². The first kappa shape index (κ1) is 20.8. The minimum atomic E-state index is -0.400. The van der Waals surface area contributed by atoms with Gasteiger partial charge in [-0.15, -0.1) is 0 Å². The molecule has 0 radical (unpaired) electrons. The molecule has 0 aliphatic carbocycles. The Hall–Kier alpha value is -1.95. The van der Waals surface area contributed by atoms with Crippen LogP contribution in [0.15, 0.2) is 53.7 Å². The molecule has 1 N–H and O–H groups in total. The second-order valence-electron chi connectivity index (χ2n) is 7.24. The highest BCUT2D eigenvalue weighted by molar-refractivity contribution is 6.30. The number of halogens is 2. The van der Waals surface area contributed by atoms with E-state index < -0.39 is 6.10 Å². The van der Waals surface area contributed by atoms with Crippen molar-refractivity contribution in [3.05, 3.63) is 70.5 Å². The van der Waals surface area contributed by atoms with Crippen LogP contribution in [-0.4, -0.2) is 41.0 Å². The van der Waals surface area contributed by atoms with Crippen molar-refractivity contribution in [1.82, 2.24) is 4.90 Å². The highest BCUT2D eigenvalue weighted by Crippen LogP contribution is 2.20. The molecule has 1 aliphatic rings. The Bertz CT molecular complexity index is 780. The molecule has 0 fully saturated rings. The number of hydrogen-bond acceptors (Lipinski definition) is 4. The average molecular weight is 405 g/mol. The lowest BCUT2D eigenvalue weighted by Crippen LogP contribution is -2.37. The predicted octanol–water partition coefficient (Wildman–Crippen LogP) is 4.64. The van der Waals surface area contributed by atoms with Gasteiger partial charge in [0.2, 0.25) is 0 Å². The first-order chi connectivity index (χ1) is 13.5. The number of oxime groups is 1. The van der Waals surface area contributed by atoms with E-state index in [2.05, 4.69) is 17.0 Å². The van der Waals surface area contributed by atoms with Crippen molar-refractivity contribution in [3.8, 4) is 0 Å². The van der Waals surface area contributed by atoms with Crippen LogP contribution in [0.2, 0.25) is 5.02 Å². The molecule has 2 atom stereocenters. The second kappa shape index (κ2) is 10.0. The number of aliphatic hydroxyl groups is 1. The van der Waals surface area contributed by atoms with Gasteiger partial charge in [0.1, 0.15) is 11.9 Å². The maximum absolute atomic E-state index is 13.2. The van der Waals surface area contributed by atoms with E-state index in [0.717, 1.165) is 29.7 Å². The highest BCUT2D eigenvalue weighted by Gasteiger charge is 2.25. The number of nitrogens with zero attached hydrogens (tertiary/aromatic N) is 2. The van der Waals surface area contributed by atoms with Gasteiger partial charge in [-0.05, 0) is 41.8 Å². The van der Waals surface area contributed by atoms with Gasteiger partial charge >= 0.3 is 0 Å². The Morgan fingerprint density at radius 1 is 1.21 bits per heavy atom. The molecule has 3 rings (SSSR count). The molecule has 0 saturated carbocycles. The predicted molar refractivity (Wildman–Crippen MR) is 110 cm³/mol. The van der Waals surface area contributed by atoms with Gasteiger partial charge in [0.25, 0.3) is 0 Å². The molecule has 1 heterocycles. The molecule has 2 aromatic rings. The van der Waals surface area contributed by atoms with Gasteiger partial charge in [-0.1, -0.05) is 54.4 Å². The number of hydrogen-bond donors (Lipinski definition) is 1. The summed E-state index contributed by atoms with van der Waals surface area (Å²) < 4.78 is 13.2. The van der Waals surface area contributed by atoms with Crippen molar-refractivity contribution in [2.45, 2.75) is 44.9 Å². The van der Waals surface area contributed by atoms with Crippen molar-refractivity contribution in [2.75, 3.05) is 13.1 Å². The van der Waals surface area contributed by atoms with Crippen LogP contribution < -0.4 is 0 Å². The quantitative estimate of drug-likeness (QED) is 0.662. The Morgan fingerprint density at radius 3 is 2.61 bits per heavy atom. The van der Waals surface area contributed by atoms with E-state index in [-0.39, 0.29) is 11.9 Å². The van der Waals surface area contributed by atoms with Crippen molar-refractivity contribution in [3.63, 3.8) is 0 Å². The largest absolute Gasteiger partial charge is 0.392 e. The number of aliphatic hydroxyl groups excluding tert-OH is 1. The summed E-state index contributed by atoms with van der Waals surface area (Å²) >= 11 is 5.95. The molecule has 0 unspecified atom stereocenters. The van der Waals surface area contributed by atoms with Crippen LogP contribution in [0.5, 0.6) is 0 Å². The van der Waals surface area contributed by atoms with E-state index in [1.807, 2.05) is 24.3 Å². The van der Waals surface area contributed by atoms with Crippen molar-refractivity contribution in [2.24, 2.45) is 5.16 Å². The van der Waals surface area contributed by atoms with Gasteiger partial charge in [-0.2, -0.15) is 0 Å². The molecule has 28 heavy (non-hydrogen) atoms. The molecular formula is C22H26ClFN2O2. The van der Waals surface area contributed by atoms with E-state index in [1.54, 1.807) is 12.1 Å². The maximum Gasteiger partial charge on any atom is 0.145 e.